The molecule has 0 spiro atoms. The monoisotopic (exact) mass is 425 g/mol. The molecule has 1 atom stereocenters. The number of para-hydroxylation sites is 1. The zero-order valence-electron chi connectivity index (χ0n) is 17.0. The molecule has 156 valence electrons. The number of anilines is 1. The zero-order valence-corrected chi connectivity index (χ0v) is 17.8. The second-order valence-corrected chi connectivity index (χ2v) is 8.09. The van der Waals surface area contributed by atoms with Crippen molar-refractivity contribution in [3.8, 4) is 22.8 Å². The maximum absolute atomic E-state index is 13.1. The molecule has 7 nitrogen and oxygen atoms in total. The number of nitrogens with zero attached hydrogens (tertiary/aromatic N) is 2. The van der Waals surface area contributed by atoms with E-state index < -0.39 is 6.17 Å². The lowest BCUT2D eigenvalue weighted by Crippen LogP contribution is -2.55. The highest BCUT2D eigenvalue weighted by molar-refractivity contribution is 7.99. The van der Waals surface area contributed by atoms with E-state index in [1.165, 1.54) is 0 Å². The third kappa shape index (κ3) is 3.87. The molecule has 0 aliphatic carbocycles. The van der Waals surface area contributed by atoms with Gasteiger partial charge in [0.15, 0.2) is 11.5 Å². The number of thioether (sulfide) groups is 1. The van der Waals surface area contributed by atoms with Crippen molar-refractivity contribution in [3.05, 3.63) is 58.4 Å². The number of H-pyrrole nitrogens is 1. The molecule has 1 aliphatic rings. The maximum atomic E-state index is 13.1. The second-order valence-electron chi connectivity index (χ2n) is 7.01. The van der Waals surface area contributed by atoms with Crippen molar-refractivity contribution in [3.63, 3.8) is 0 Å². The highest BCUT2D eigenvalue weighted by Crippen LogP contribution is 2.34. The Labute approximate surface area is 179 Å². The topological polar surface area (TPSA) is 91.1 Å². The van der Waals surface area contributed by atoms with Gasteiger partial charge >= 0.3 is 11.3 Å². The fourth-order valence-electron chi connectivity index (χ4n) is 3.46. The molecule has 0 unspecified atom stereocenters. The van der Waals surface area contributed by atoms with Gasteiger partial charge in [0.25, 0.3) is 6.17 Å². The van der Waals surface area contributed by atoms with Crippen LogP contribution in [-0.4, -0.2) is 27.5 Å². The first-order valence-electron chi connectivity index (χ1n) is 10.1. The Morgan fingerprint density at radius 3 is 2.87 bits per heavy atom. The van der Waals surface area contributed by atoms with E-state index in [4.69, 9.17) is 9.84 Å². The summed E-state index contributed by atoms with van der Waals surface area (Å²) in [6, 6.07) is 12.9. The summed E-state index contributed by atoms with van der Waals surface area (Å²) in [5.74, 6) is 1.37. The van der Waals surface area contributed by atoms with E-state index >= 15 is 0 Å². The Morgan fingerprint density at radius 2 is 2.07 bits per heavy atom. The fraction of sp³-hybridized carbons (Fsp3) is 0.318. The number of aromatic nitrogens is 3. The summed E-state index contributed by atoms with van der Waals surface area (Å²) in [7, 11) is 0. The van der Waals surface area contributed by atoms with Gasteiger partial charge in [0.2, 0.25) is 5.16 Å². The molecule has 0 radical (unpaired) electrons. The van der Waals surface area contributed by atoms with E-state index in [1.807, 2.05) is 37.3 Å². The number of ether oxygens (including phenoxy) is 1. The summed E-state index contributed by atoms with van der Waals surface area (Å²) >= 11 is 1.54. The molecule has 0 saturated carbocycles. The van der Waals surface area contributed by atoms with Crippen molar-refractivity contribution < 1.29 is 14.5 Å². The van der Waals surface area contributed by atoms with Crippen molar-refractivity contribution in [2.45, 2.75) is 38.0 Å². The number of hydrogen-bond acceptors (Lipinski definition) is 6. The van der Waals surface area contributed by atoms with Gasteiger partial charge in [0.05, 0.1) is 17.9 Å². The summed E-state index contributed by atoms with van der Waals surface area (Å²) in [5, 5.41) is 18.9. The molecule has 3 N–H and O–H groups in total. The molecule has 3 aromatic rings. The van der Waals surface area contributed by atoms with Crippen LogP contribution in [0.25, 0.3) is 11.3 Å². The van der Waals surface area contributed by atoms with Crippen molar-refractivity contribution in [2.24, 2.45) is 0 Å². The quantitative estimate of drug-likeness (QED) is 0.304. The van der Waals surface area contributed by atoms with Gasteiger partial charge in [0.1, 0.15) is 0 Å². The van der Waals surface area contributed by atoms with Gasteiger partial charge in [-0.25, -0.2) is 0 Å². The van der Waals surface area contributed by atoms with E-state index in [0.717, 1.165) is 35.4 Å². The molecule has 0 amide bonds. The molecule has 2 aromatic carbocycles. The molecule has 1 aromatic heterocycles. The molecule has 2 heterocycles. The number of benzene rings is 2. The van der Waals surface area contributed by atoms with E-state index in [2.05, 4.69) is 17.2 Å². The van der Waals surface area contributed by atoms with Crippen LogP contribution in [0.1, 0.15) is 38.4 Å². The summed E-state index contributed by atoms with van der Waals surface area (Å²) in [6.45, 7) is 4.44. The molecule has 0 fully saturated rings. The lowest BCUT2D eigenvalue weighted by Gasteiger charge is -2.22. The third-order valence-electron chi connectivity index (χ3n) is 4.92. The Balaban J connectivity index is 1.84. The van der Waals surface area contributed by atoms with Crippen LogP contribution >= 0.6 is 11.8 Å². The Morgan fingerprint density at radius 1 is 1.23 bits per heavy atom. The zero-order chi connectivity index (χ0) is 21.1. The predicted molar refractivity (Wildman–Crippen MR) is 117 cm³/mol. The van der Waals surface area contributed by atoms with Crippen LogP contribution in [0.2, 0.25) is 0 Å². The lowest BCUT2D eigenvalue weighted by molar-refractivity contribution is -0.759. The summed E-state index contributed by atoms with van der Waals surface area (Å²) in [4.78, 5) is 16.0. The van der Waals surface area contributed by atoms with Crippen LogP contribution < -0.4 is 20.3 Å². The van der Waals surface area contributed by atoms with Crippen molar-refractivity contribution in [2.75, 3.05) is 17.7 Å². The molecule has 0 bridgehead atoms. The van der Waals surface area contributed by atoms with Crippen molar-refractivity contribution >= 4 is 17.4 Å². The van der Waals surface area contributed by atoms with Gasteiger partial charge in [0, 0.05) is 16.4 Å². The number of unbranched alkanes of at least 4 members (excludes halogenated alkanes) is 1. The number of aromatic hydroxyl groups is 1. The minimum atomic E-state index is -0.414. The SMILES string of the molecule is CCCCSc1n[n+]2c(c(=O)[nH]1)-c1ccccc1N[C@@H]2c1ccc(O)c(OCC)c1. The first-order valence-corrected chi connectivity index (χ1v) is 11.1. The number of hydrogen-bond donors (Lipinski definition) is 3. The fourth-order valence-corrected chi connectivity index (χ4v) is 4.40. The molecular weight excluding hydrogens is 400 g/mol. The van der Waals surface area contributed by atoms with Crippen LogP contribution in [0.3, 0.4) is 0 Å². The maximum Gasteiger partial charge on any atom is 0.325 e. The number of nitrogens with one attached hydrogen (secondary N) is 2. The van der Waals surface area contributed by atoms with Crippen LogP contribution in [0, 0.1) is 0 Å². The van der Waals surface area contributed by atoms with Crippen LogP contribution in [0.4, 0.5) is 5.69 Å². The van der Waals surface area contributed by atoms with Gasteiger partial charge in [-0.1, -0.05) is 37.2 Å². The summed E-state index contributed by atoms with van der Waals surface area (Å²) in [6.07, 6.45) is 1.72. The molecule has 30 heavy (non-hydrogen) atoms. The number of phenols is 1. The lowest BCUT2D eigenvalue weighted by atomic mass is 10.0. The average Bonchev–Trinajstić information content (AvgIpc) is 2.75. The van der Waals surface area contributed by atoms with Crippen molar-refractivity contribution in [1.82, 2.24) is 10.1 Å². The second kappa shape index (κ2) is 8.79. The molecule has 0 saturated heterocycles. The first kappa shape index (κ1) is 20.3. The van der Waals surface area contributed by atoms with Crippen LogP contribution in [0.5, 0.6) is 11.5 Å². The largest absolute Gasteiger partial charge is 0.504 e. The van der Waals surface area contributed by atoms with E-state index in [1.54, 1.807) is 28.6 Å². The minimum absolute atomic E-state index is 0.0803. The summed E-state index contributed by atoms with van der Waals surface area (Å²) in [5.41, 5.74) is 2.82. The van der Waals surface area contributed by atoms with Crippen molar-refractivity contribution in [1.29, 1.82) is 0 Å². The summed E-state index contributed by atoms with van der Waals surface area (Å²) < 4.78 is 7.29. The van der Waals surface area contributed by atoms with Gasteiger partial charge < -0.3 is 15.2 Å². The van der Waals surface area contributed by atoms with Gasteiger partial charge in [-0.05, 0) is 48.4 Å². The molecule has 1 aliphatic heterocycles. The highest BCUT2D eigenvalue weighted by Gasteiger charge is 2.37. The normalized spacial score (nSPS) is 14.5. The average molecular weight is 426 g/mol. The Kier molecular flexibility index (Phi) is 5.94. The van der Waals surface area contributed by atoms with Crippen LogP contribution in [0.15, 0.2) is 52.4 Å². The van der Waals surface area contributed by atoms with Gasteiger partial charge in [-0.2, -0.15) is 0 Å². The molecule has 8 heteroatoms. The Bertz CT molecular complexity index is 1120. The number of aromatic amines is 1. The van der Waals surface area contributed by atoms with Crippen LogP contribution in [-0.2, 0) is 0 Å². The van der Waals surface area contributed by atoms with E-state index in [9.17, 15) is 9.90 Å². The van der Waals surface area contributed by atoms with E-state index in [-0.39, 0.29) is 11.3 Å². The highest BCUT2D eigenvalue weighted by atomic mass is 32.2. The predicted octanol–water partition coefficient (Wildman–Crippen LogP) is 3.69. The third-order valence-corrected chi connectivity index (χ3v) is 5.87. The number of fused-ring (bicyclic) bond motifs is 3. The van der Waals surface area contributed by atoms with Gasteiger partial charge in [-0.15, -0.1) is 0 Å². The number of phenolic OH excluding ortho intramolecular Hbond substituents is 1. The first-order chi connectivity index (χ1) is 14.6. The van der Waals surface area contributed by atoms with E-state index in [0.29, 0.717) is 23.2 Å². The Hall–Kier alpha value is -3.00. The molecular formula is C22H25N4O3S+. The molecule has 4 rings (SSSR count). The number of rotatable bonds is 7. The van der Waals surface area contributed by atoms with Gasteiger partial charge in [-0.3, -0.25) is 9.78 Å². The standard InChI is InChI=1S/C22H24N4O3S/c1-3-5-12-30-22-24-21(28)19-15-8-6-7-9-16(15)23-20(26(19)25-22)14-10-11-17(27)18(13-14)29-4-2/h6-11,13,20H,3-5,12H2,1-2H3,(H2,24,25,27,28)/p+1/t20-/m0/s1. The minimum Gasteiger partial charge on any atom is -0.504 e. The smallest absolute Gasteiger partial charge is 0.325 e.